The van der Waals surface area contributed by atoms with Crippen LogP contribution in [0.4, 0.5) is 0 Å². The monoisotopic (exact) mass is 286 g/mol. The summed E-state index contributed by atoms with van der Waals surface area (Å²) >= 11 is 0. The van der Waals surface area contributed by atoms with Gasteiger partial charge in [0.1, 0.15) is 0 Å². The van der Waals surface area contributed by atoms with Crippen LogP contribution in [0.15, 0.2) is 24.3 Å². The normalized spacial score (nSPS) is 24.1. The molecule has 2 aliphatic rings. The molecule has 0 amide bonds. The summed E-state index contributed by atoms with van der Waals surface area (Å²) in [6, 6.07) is 9.66. The van der Waals surface area contributed by atoms with Crippen molar-refractivity contribution in [2.75, 3.05) is 20.1 Å². The second kappa shape index (κ2) is 6.50. The lowest BCUT2D eigenvalue weighted by atomic mass is 9.80. The molecule has 1 saturated heterocycles. The Labute approximate surface area is 129 Å². The zero-order valence-electron chi connectivity index (χ0n) is 13.7. The van der Waals surface area contributed by atoms with Crippen molar-refractivity contribution in [3.05, 3.63) is 35.4 Å². The highest BCUT2D eigenvalue weighted by Gasteiger charge is 2.46. The Balaban J connectivity index is 1.91. The zero-order valence-corrected chi connectivity index (χ0v) is 13.7. The van der Waals surface area contributed by atoms with Gasteiger partial charge in [-0.3, -0.25) is 4.90 Å². The number of nitrogens with zero attached hydrogens (tertiary/aromatic N) is 1. The first-order valence-electron chi connectivity index (χ1n) is 8.75. The summed E-state index contributed by atoms with van der Waals surface area (Å²) in [6.07, 6.45) is 9.67. The Morgan fingerprint density at radius 3 is 2.14 bits per heavy atom. The topological polar surface area (TPSA) is 15.3 Å². The molecule has 3 rings (SSSR count). The predicted molar refractivity (Wildman–Crippen MR) is 89.6 cm³/mol. The third kappa shape index (κ3) is 2.89. The van der Waals surface area contributed by atoms with Gasteiger partial charge >= 0.3 is 0 Å². The minimum Gasteiger partial charge on any atom is -0.311 e. The molecule has 2 fully saturated rings. The van der Waals surface area contributed by atoms with Crippen LogP contribution in [-0.4, -0.2) is 30.6 Å². The van der Waals surface area contributed by atoms with Crippen molar-refractivity contribution in [2.45, 2.75) is 63.5 Å². The van der Waals surface area contributed by atoms with Crippen molar-refractivity contribution in [3.8, 4) is 0 Å². The lowest BCUT2D eigenvalue weighted by molar-refractivity contribution is 0.0384. The Kier molecular flexibility index (Phi) is 4.66. The molecule has 2 nitrogen and oxygen atoms in total. The summed E-state index contributed by atoms with van der Waals surface area (Å²) in [7, 11) is 2.15. The lowest BCUT2D eigenvalue weighted by Crippen LogP contribution is -2.56. The number of likely N-dealkylation sites (N-methyl/N-ethyl adjacent to an activating group) is 1. The van der Waals surface area contributed by atoms with E-state index >= 15 is 0 Å². The fourth-order valence-corrected chi connectivity index (χ4v) is 4.62. The van der Waals surface area contributed by atoms with Crippen molar-refractivity contribution >= 4 is 0 Å². The molecular formula is C19H30N2. The molecule has 21 heavy (non-hydrogen) atoms. The van der Waals surface area contributed by atoms with E-state index in [9.17, 15) is 0 Å². The van der Waals surface area contributed by atoms with E-state index in [1.54, 1.807) is 0 Å². The maximum Gasteiger partial charge on any atom is 0.0504 e. The maximum absolute atomic E-state index is 3.68. The number of aryl methyl sites for hydroxylation is 1. The third-order valence-corrected chi connectivity index (χ3v) is 5.69. The van der Waals surface area contributed by atoms with Crippen LogP contribution in [0.1, 0.15) is 62.1 Å². The Hall–Kier alpha value is -0.860. The van der Waals surface area contributed by atoms with E-state index < -0.39 is 0 Å². The molecule has 0 bridgehead atoms. The zero-order chi connectivity index (χ0) is 14.7. The number of nitrogens with one attached hydrogen (secondary N) is 1. The van der Waals surface area contributed by atoms with Crippen LogP contribution in [0.2, 0.25) is 0 Å². The van der Waals surface area contributed by atoms with Gasteiger partial charge < -0.3 is 5.32 Å². The first kappa shape index (κ1) is 15.1. The standard InChI is InChI=1S/C19H30N2/c1-16-8-10-17(11-9-16)18(20-2)19(12-4-5-13-19)21-14-6-3-7-15-21/h8-11,18,20H,3-7,12-15H2,1-2H3. The highest BCUT2D eigenvalue weighted by Crippen LogP contribution is 2.45. The van der Waals surface area contributed by atoms with E-state index in [1.807, 2.05) is 0 Å². The molecule has 1 heterocycles. The van der Waals surface area contributed by atoms with Gasteiger partial charge in [0.15, 0.2) is 0 Å². The van der Waals surface area contributed by atoms with Crippen LogP contribution in [0, 0.1) is 6.92 Å². The molecule has 0 aromatic heterocycles. The minimum absolute atomic E-state index is 0.352. The predicted octanol–water partition coefficient (Wildman–Crippen LogP) is 4.05. The maximum atomic E-state index is 3.68. The number of rotatable bonds is 4. The molecule has 1 N–H and O–H groups in total. The smallest absolute Gasteiger partial charge is 0.0504 e. The summed E-state index contributed by atoms with van der Waals surface area (Å²) in [5.41, 5.74) is 3.17. The van der Waals surface area contributed by atoms with E-state index in [0.29, 0.717) is 11.6 Å². The molecular weight excluding hydrogens is 256 g/mol. The Morgan fingerprint density at radius 2 is 1.57 bits per heavy atom. The van der Waals surface area contributed by atoms with Crippen LogP contribution in [0.5, 0.6) is 0 Å². The van der Waals surface area contributed by atoms with Gasteiger partial charge in [-0.25, -0.2) is 0 Å². The Bertz CT molecular complexity index is 439. The molecule has 116 valence electrons. The van der Waals surface area contributed by atoms with E-state index in [0.717, 1.165) is 0 Å². The molecule has 2 heteroatoms. The second-order valence-electron chi connectivity index (χ2n) is 6.99. The number of likely N-dealkylation sites (tertiary alicyclic amines) is 1. The molecule has 1 aromatic carbocycles. The van der Waals surface area contributed by atoms with Gasteiger partial charge in [-0.05, 0) is 58.3 Å². The minimum atomic E-state index is 0.352. The van der Waals surface area contributed by atoms with E-state index in [-0.39, 0.29) is 0 Å². The largest absolute Gasteiger partial charge is 0.311 e. The molecule has 1 atom stereocenters. The quantitative estimate of drug-likeness (QED) is 0.898. The SMILES string of the molecule is CNC(c1ccc(C)cc1)C1(N2CCCCC2)CCCC1. The third-order valence-electron chi connectivity index (χ3n) is 5.69. The van der Waals surface area contributed by atoms with Gasteiger partial charge in [0.2, 0.25) is 0 Å². The van der Waals surface area contributed by atoms with Gasteiger partial charge in [-0.2, -0.15) is 0 Å². The molecule has 1 saturated carbocycles. The van der Waals surface area contributed by atoms with Crippen LogP contribution in [-0.2, 0) is 0 Å². The lowest BCUT2D eigenvalue weighted by Gasteiger charge is -2.48. The van der Waals surface area contributed by atoms with Crippen LogP contribution < -0.4 is 5.32 Å². The molecule has 0 radical (unpaired) electrons. The highest BCUT2D eigenvalue weighted by molar-refractivity contribution is 5.28. The molecule has 1 aliphatic heterocycles. The van der Waals surface area contributed by atoms with E-state index in [4.69, 9.17) is 0 Å². The van der Waals surface area contributed by atoms with Gasteiger partial charge in [0, 0.05) is 5.54 Å². The van der Waals surface area contributed by atoms with Gasteiger partial charge in [0.25, 0.3) is 0 Å². The van der Waals surface area contributed by atoms with Crippen molar-refractivity contribution < 1.29 is 0 Å². The Morgan fingerprint density at radius 1 is 0.952 bits per heavy atom. The summed E-state index contributed by atoms with van der Waals surface area (Å²) in [5.74, 6) is 0. The number of hydrogen-bond acceptors (Lipinski definition) is 2. The van der Waals surface area contributed by atoms with Crippen LogP contribution in [0.25, 0.3) is 0 Å². The van der Waals surface area contributed by atoms with Gasteiger partial charge in [0.05, 0.1) is 6.04 Å². The van der Waals surface area contributed by atoms with E-state index in [1.165, 1.54) is 69.2 Å². The van der Waals surface area contributed by atoms with Gasteiger partial charge in [-0.15, -0.1) is 0 Å². The average molecular weight is 286 g/mol. The summed E-state index contributed by atoms with van der Waals surface area (Å²) in [6.45, 7) is 4.77. The van der Waals surface area contributed by atoms with Crippen LogP contribution >= 0.6 is 0 Å². The van der Waals surface area contributed by atoms with Crippen molar-refractivity contribution in [1.29, 1.82) is 0 Å². The van der Waals surface area contributed by atoms with Crippen molar-refractivity contribution in [2.24, 2.45) is 0 Å². The summed E-state index contributed by atoms with van der Waals surface area (Å²) < 4.78 is 0. The molecule has 1 unspecified atom stereocenters. The van der Waals surface area contributed by atoms with Crippen molar-refractivity contribution in [1.82, 2.24) is 10.2 Å². The fourth-order valence-electron chi connectivity index (χ4n) is 4.62. The second-order valence-corrected chi connectivity index (χ2v) is 6.99. The number of piperidine rings is 1. The van der Waals surface area contributed by atoms with Crippen molar-refractivity contribution in [3.63, 3.8) is 0 Å². The first-order chi connectivity index (χ1) is 10.3. The first-order valence-corrected chi connectivity index (χ1v) is 8.75. The summed E-state index contributed by atoms with van der Waals surface area (Å²) in [5, 5.41) is 3.68. The number of hydrogen-bond donors (Lipinski definition) is 1. The average Bonchev–Trinajstić information content (AvgIpc) is 3.01. The number of benzene rings is 1. The molecule has 1 aromatic rings. The summed E-state index contributed by atoms with van der Waals surface area (Å²) in [4.78, 5) is 2.82. The fraction of sp³-hybridized carbons (Fsp3) is 0.684. The highest BCUT2D eigenvalue weighted by atomic mass is 15.2. The van der Waals surface area contributed by atoms with Gasteiger partial charge in [-0.1, -0.05) is 49.1 Å². The van der Waals surface area contributed by atoms with E-state index in [2.05, 4.69) is 48.5 Å². The molecule has 1 aliphatic carbocycles. The molecule has 0 spiro atoms. The van der Waals surface area contributed by atoms with Crippen LogP contribution in [0.3, 0.4) is 0 Å².